The van der Waals surface area contributed by atoms with Gasteiger partial charge in [0.25, 0.3) is 5.91 Å². The van der Waals surface area contributed by atoms with Gasteiger partial charge in [-0.1, -0.05) is 24.1 Å². The zero-order chi connectivity index (χ0) is 20.0. The minimum Gasteiger partial charge on any atom is -0.468 e. The smallest absolute Gasteiger partial charge is 0.320 e. The van der Waals surface area contributed by atoms with E-state index in [1.807, 2.05) is 19.9 Å². The predicted molar refractivity (Wildman–Crippen MR) is 93.1 cm³/mol. The maximum Gasteiger partial charge on any atom is 0.320 e. The molecule has 0 aliphatic heterocycles. The molecule has 3 N–H and O–H groups in total. The number of carbonyl (C=O) groups is 4. The van der Waals surface area contributed by atoms with Crippen molar-refractivity contribution in [3.8, 4) is 0 Å². The average Bonchev–Trinajstić information content (AvgIpc) is 2.57. The van der Waals surface area contributed by atoms with Crippen LogP contribution in [0.4, 0.5) is 0 Å². The summed E-state index contributed by atoms with van der Waals surface area (Å²) in [4.78, 5) is 48.3. The molecule has 26 heavy (non-hydrogen) atoms. The second-order valence-electron chi connectivity index (χ2n) is 6.11. The Bertz CT molecular complexity index is 679. The summed E-state index contributed by atoms with van der Waals surface area (Å²) in [7, 11) is 2.22. The Balaban J connectivity index is 3.13. The topological polar surface area (TPSA) is 125 Å². The molecule has 142 valence electrons. The number of primary amides is 1. The number of nitrogens with one attached hydrogen (secondary N) is 1. The number of hydrogen-bond acceptors (Lipinski definition) is 6. The number of benzene rings is 1. The first-order valence-electron chi connectivity index (χ1n) is 7.96. The molecule has 1 aromatic carbocycles. The van der Waals surface area contributed by atoms with Crippen LogP contribution in [0.5, 0.6) is 0 Å². The summed E-state index contributed by atoms with van der Waals surface area (Å²) < 4.78 is 9.21. The molecule has 0 aromatic heterocycles. The average molecular weight is 364 g/mol. The number of esters is 2. The molecule has 2 amide bonds. The van der Waals surface area contributed by atoms with E-state index in [2.05, 4.69) is 14.8 Å². The third-order valence-electron chi connectivity index (χ3n) is 4.04. The lowest BCUT2D eigenvalue weighted by Crippen LogP contribution is -2.52. The molecule has 1 aromatic rings. The highest BCUT2D eigenvalue weighted by Gasteiger charge is 2.41. The van der Waals surface area contributed by atoms with E-state index in [0.717, 1.165) is 25.3 Å². The molecular weight excluding hydrogens is 340 g/mol. The summed E-state index contributed by atoms with van der Waals surface area (Å²) in [5.74, 6) is -5.55. The van der Waals surface area contributed by atoms with Crippen molar-refractivity contribution >= 4 is 23.8 Å². The maximum atomic E-state index is 12.5. The van der Waals surface area contributed by atoms with Crippen LogP contribution >= 0.6 is 0 Å². The standard InChI is InChI=1S/C18H24N2O6/c1-9-6-10(2)8-12(7-9)16(22)20-14(15(19)21)11(3)13(17(23)25-4)18(24)26-5/h6-8,11,13-14H,1-5H3,(H2,19,21)(H,20,22)/t11-,14-/m0/s1. The van der Waals surface area contributed by atoms with Crippen molar-refractivity contribution in [3.05, 3.63) is 34.9 Å². The predicted octanol–water partition coefficient (Wildman–Crippen LogP) is 0.485. The molecule has 0 saturated heterocycles. The van der Waals surface area contributed by atoms with Crippen LogP contribution < -0.4 is 11.1 Å². The lowest BCUT2D eigenvalue weighted by atomic mass is 9.86. The Hall–Kier alpha value is -2.90. The fourth-order valence-electron chi connectivity index (χ4n) is 2.76. The number of amides is 2. The Morgan fingerprint density at radius 2 is 1.42 bits per heavy atom. The fourth-order valence-corrected chi connectivity index (χ4v) is 2.76. The molecular formula is C18H24N2O6. The zero-order valence-electron chi connectivity index (χ0n) is 15.5. The van der Waals surface area contributed by atoms with Crippen LogP contribution in [0.3, 0.4) is 0 Å². The van der Waals surface area contributed by atoms with Gasteiger partial charge in [0.1, 0.15) is 6.04 Å². The van der Waals surface area contributed by atoms with Crippen LogP contribution in [0.15, 0.2) is 18.2 Å². The van der Waals surface area contributed by atoms with Gasteiger partial charge in [-0.2, -0.15) is 0 Å². The first kappa shape index (κ1) is 21.1. The van der Waals surface area contributed by atoms with Crippen molar-refractivity contribution < 1.29 is 28.7 Å². The van der Waals surface area contributed by atoms with Crippen LogP contribution in [0.1, 0.15) is 28.4 Å². The molecule has 8 nitrogen and oxygen atoms in total. The van der Waals surface area contributed by atoms with Gasteiger partial charge < -0.3 is 20.5 Å². The van der Waals surface area contributed by atoms with Gasteiger partial charge in [0.05, 0.1) is 14.2 Å². The Morgan fingerprint density at radius 3 is 1.81 bits per heavy atom. The third kappa shape index (κ3) is 5.05. The normalized spacial score (nSPS) is 12.8. The van der Waals surface area contributed by atoms with E-state index < -0.39 is 41.6 Å². The summed E-state index contributed by atoms with van der Waals surface area (Å²) >= 11 is 0. The number of carbonyl (C=O) groups excluding carboxylic acids is 4. The molecule has 0 heterocycles. The summed E-state index contributed by atoms with van der Waals surface area (Å²) in [5, 5.41) is 2.50. The van der Waals surface area contributed by atoms with Gasteiger partial charge in [0.2, 0.25) is 5.91 Å². The largest absolute Gasteiger partial charge is 0.468 e. The molecule has 0 fully saturated rings. The number of nitrogens with two attached hydrogens (primary N) is 1. The molecule has 0 bridgehead atoms. The molecule has 0 spiro atoms. The summed E-state index contributed by atoms with van der Waals surface area (Å²) in [6.07, 6.45) is 0. The van der Waals surface area contributed by atoms with Crippen molar-refractivity contribution in [2.75, 3.05) is 14.2 Å². The third-order valence-corrected chi connectivity index (χ3v) is 4.04. The van der Waals surface area contributed by atoms with E-state index in [9.17, 15) is 19.2 Å². The molecule has 0 saturated carbocycles. The lowest BCUT2D eigenvalue weighted by molar-refractivity contribution is -0.161. The van der Waals surface area contributed by atoms with E-state index in [1.54, 1.807) is 12.1 Å². The van der Waals surface area contributed by atoms with Gasteiger partial charge in [-0.3, -0.25) is 19.2 Å². The van der Waals surface area contributed by atoms with Crippen molar-refractivity contribution in [3.63, 3.8) is 0 Å². The van der Waals surface area contributed by atoms with E-state index >= 15 is 0 Å². The van der Waals surface area contributed by atoms with Crippen LogP contribution in [-0.2, 0) is 23.9 Å². The van der Waals surface area contributed by atoms with E-state index in [0.29, 0.717) is 5.56 Å². The van der Waals surface area contributed by atoms with Crippen molar-refractivity contribution in [1.82, 2.24) is 5.32 Å². The van der Waals surface area contributed by atoms with Gasteiger partial charge in [0.15, 0.2) is 5.92 Å². The van der Waals surface area contributed by atoms with Gasteiger partial charge >= 0.3 is 11.9 Å². The minimum atomic E-state index is -1.40. The zero-order valence-corrected chi connectivity index (χ0v) is 15.5. The van der Waals surface area contributed by atoms with Gasteiger partial charge in [-0.25, -0.2) is 0 Å². The molecule has 0 aliphatic rings. The Kier molecular flexibility index (Phi) is 7.30. The van der Waals surface area contributed by atoms with E-state index in [4.69, 9.17) is 5.73 Å². The van der Waals surface area contributed by atoms with Gasteiger partial charge in [0, 0.05) is 11.5 Å². The molecule has 2 atom stereocenters. The number of hydrogen-bond donors (Lipinski definition) is 2. The first-order chi connectivity index (χ1) is 12.1. The molecule has 8 heteroatoms. The molecule has 0 radical (unpaired) electrons. The van der Waals surface area contributed by atoms with Crippen LogP contribution in [-0.4, -0.2) is 44.0 Å². The number of aryl methyl sites for hydroxylation is 2. The molecule has 1 rings (SSSR count). The number of methoxy groups -OCH3 is 2. The fraction of sp³-hybridized carbons (Fsp3) is 0.444. The highest BCUT2D eigenvalue weighted by atomic mass is 16.5. The van der Waals surface area contributed by atoms with Crippen LogP contribution in [0.2, 0.25) is 0 Å². The van der Waals surface area contributed by atoms with E-state index in [-0.39, 0.29) is 0 Å². The van der Waals surface area contributed by atoms with Crippen LogP contribution in [0.25, 0.3) is 0 Å². The lowest BCUT2D eigenvalue weighted by Gasteiger charge is -2.26. The maximum absolute atomic E-state index is 12.5. The SMILES string of the molecule is COC(=O)C(C(=O)OC)[C@H](C)[C@H](NC(=O)c1cc(C)cc(C)c1)C(N)=O. The second kappa shape index (κ2) is 8.98. The second-order valence-corrected chi connectivity index (χ2v) is 6.11. The van der Waals surface area contributed by atoms with Crippen molar-refractivity contribution in [2.24, 2.45) is 17.6 Å². The highest BCUT2D eigenvalue weighted by Crippen LogP contribution is 2.20. The number of ether oxygens (including phenoxy) is 2. The minimum absolute atomic E-state index is 0.341. The summed E-state index contributed by atoms with van der Waals surface area (Å²) in [6, 6.07) is 3.94. The highest BCUT2D eigenvalue weighted by molar-refractivity contribution is 5.99. The number of rotatable bonds is 7. The molecule has 0 aliphatic carbocycles. The monoisotopic (exact) mass is 364 g/mol. The quantitative estimate of drug-likeness (QED) is 0.536. The molecule has 0 unspecified atom stereocenters. The summed E-state index contributed by atoms with van der Waals surface area (Å²) in [5.41, 5.74) is 7.48. The Morgan fingerprint density at radius 1 is 0.962 bits per heavy atom. The van der Waals surface area contributed by atoms with E-state index in [1.165, 1.54) is 6.92 Å². The van der Waals surface area contributed by atoms with Crippen LogP contribution in [0, 0.1) is 25.7 Å². The first-order valence-corrected chi connectivity index (χ1v) is 7.96. The summed E-state index contributed by atoms with van der Waals surface area (Å²) in [6.45, 7) is 5.11. The Labute approximate surface area is 152 Å². The van der Waals surface area contributed by atoms with Crippen molar-refractivity contribution in [2.45, 2.75) is 26.8 Å². The van der Waals surface area contributed by atoms with Gasteiger partial charge in [-0.05, 0) is 26.0 Å². The van der Waals surface area contributed by atoms with Gasteiger partial charge in [-0.15, -0.1) is 0 Å². The van der Waals surface area contributed by atoms with Crippen molar-refractivity contribution in [1.29, 1.82) is 0 Å².